The number of carboxylic acids is 1. The topological polar surface area (TPSA) is 84.9 Å². The number of ether oxygens (including phenoxy) is 2. The Hall–Kier alpha value is -1.79. The quantitative estimate of drug-likeness (QED) is 0.777. The molecule has 2 N–H and O–H groups in total. The summed E-state index contributed by atoms with van der Waals surface area (Å²) in [5, 5.41) is 12.1. The van der Waals surface area contributed by atoms with E-state index in [0.29, 0.717) is 36.8 Å². The van der Waals surface area contributed by atoms with E-state index in [9.17, 15) is 9.59 Å². The maximum Gasteiger partial charge on any atom is 0.332 e. The number of hydrogen-bond donors (Lipinski definition) is 2. The molecule has 1 heterocycles. The van der Waals surface area contributed by atoms with Gasteiger partial charge in [0.2, 0.25) is 5.91 Å². The molecule has 0 saturated carbocycles. The second-order valence-electron chi connectivity index (χ2n) is 4.62. The van der Waals surface area contributed by atoms with Crippen LogP contribution in [0.15, 0.2) is 24.3 Å². The molecule has 0 radical (unpaired) electrons. The Balaban J connectivity index is 1.66. The average molecular weight is 314 g/mol. The lowest BCUT2D eigenvalue weighted by Crippen LogP contribution is -2.37. The van der Waals surface area contributed by atoms with Crippen LogP contribution in [-0.2, 0) is 14.3 Å². The van der Waals surface area contributed by atoms with Crippen LogP contribution in [-0.4, -0.2) is 42.3 Å². The highest BCUT2D eigenvalue weighted by molar-refractivity contribution is 6.30. The number of nitrogens with one attached hydrogen (secondary N) is 1. The number of rotatable bonds is 6. The van der Waals surface area contributed by atoms with Gasteiger partial charge in [0.25, 0.3) is 0 Å². The number of carbonyl (C=O) groups is 2. The van der Waals surface area contributed by atoms with Crippen LogP contribution in [0.4, 0.5) is 0 Å². The maximum atomic E-state index is 11.8. The lowest BCUT2D eigenvalue weighted by atomic mass is 10.2. The van der Waals surface area contributed by atoms with Crippen LogP contribution < -0.4 is 10.1 Å². The van der Waals surface area contributed by atoms with Crippen LogP contribution >= 0.6 is 11.6 Å². The summed E-state index contributed by atoms with van der Waals surface area (Å²) in [4.78, 5) is 22.5. The van der Waals surface area contributed by atoms with Gasteiger partial charge in [-0.15, -0.1) is 0 Å². The minimum atomic E-state index is -1.03. The predicted molar refractivity (Wildman–Crippen MR) is 75.5 cm³/mol. The third-order valence-electron chi connectivity index (χ3n) is 3.07. The molecule has 1 aromatic carbocycles. The highest BCUT2D eigenvalue weighted by Gasteiger charge is 2.34. The first kappa shape index (κ1) is 15.6. The summed E-state index contributed by atoms with van der Waals surface area (Å²) in [6, 6.07) is 6.91. The van der Waals surface area contributed by atoms with Crippen LogP contribution in [0.2, 0.25) is 5.02 Å². The molecule has 1 aliphatic heterocycles. The monoisotopic (exact) mass is 313 g/mol. The molecule has 1 aliphatic rings. The number of aliphatic carboxylic acids is 1. The van der Waals surface area contributed by atoms with E-state index in [4.69, 9.17) is 26.2 Å². The van der Waals surface area contributed by atoms with E-state index in [1.807, 2.05) is 0 Å². The van der Waals surface area contributed by atoms with Crippen molar-refractivity contribution in [2.45, 2.75) is 25.0 Å². The number of benzene rings is 1. The molecule has 1 amide bonds. The SMILES string of the molecule is O=C(NCCOc1ccc(Cl)cc1)[C@@H]1CC[C@H](C(=O)O)O1. The van der Waals surface area contributed by atoms with Crippen LogP contribution in [0.3, 0.4) is 0 Å². The van der Waals surface area contributed by atoms with Crippen molar-refractivity contribution in [2.24, 2.45) is 0 Å². The summed E-state index contributed by atoms with van der Waals surface area (Å²) in [5.41, 5.74) is 0. The molecule has 7 heteroatoms. The molecule has 114 valence electrons. The predicted octanol–water partition coefficient (Wildman–Crippen LogP) is 1.47. The van der Waals surface area contributed by atoms with Crippen molar-refractivity contribution in [3.8, 4) is 5.75 Å². The van der Waals surface area contributed by atoms with E-state index in [1.165, 1.54) is 0 Å². The van der Waals surface area contributed by atoms with Gasteiger partial charge in [-0.1, -0.05) is 11.6 Å². The van der Waals surface area contributed by atoms with Crippen LogP contribution in [0, 0.1) is 0 Å². The molecule has 2 rings (SSSR count). The highest BCUT2D eigenvalue weighted by Crippen LogP contribution is 2.20. The van der Waals surface area contributed by atoms with Crippen LogP contribution in [0.1, 0.15) is 12.8 Å². The van der Waals surface area contributed by atoms with E-state index in [0.717, 1.165) is 0 Å². The number of amides is 1. The van der Waals surface area contributed by atoms with Gasteiger partial charge in [-0.05, 0) is 37.1 Å². The molecule has 1 fully saturated rings. The number of halogens is 1. The maximum absolute atomic E-state index is 11.8. The molecule has 0 aromatic heterocycles. The van der Waals surface area contributed by atoms with Crippen molar-refractivity contribution in [2.75, 3.05) is 13.2 Å². The van der Waals surface area contributed by atoms with Gasteiger partial charge < -0.3 is 19.9 Å². The average Bonchev–Trinajstić information content (AvgIpc) is 2.95. The van der Waals surface area contributed by atoms with Crippen LogP contribution in [0.5, 0.6) is 5.75 Å². The van der Waals surface area contributed by atoms with Crippen molar-refractivity contribution in [3.63, 3.8) is 0 Å². The molecule has 0 spiro atoms. The zero-order valence-electron chi connectivity index (χ0n) is 11.3. The Bertz CT molecular complexity index is 505. The Kier molecular flexibility index (Phi) is 5.41. The Morgan fingerprint density at radius 3 is 2.57 bits per heavy atom. The Morgan fingerprint density at radius 1 is 1.29 bits per heavy atom. The minimum Gasteiger partial charge on any atom is -0.492 e. The van der Waals surface area contributed by atoms with Gasteiger partial charge in [0.1, 0.15) is 18.5 Å². The summed E-state index contributed by atoms with van der Waals surface area (Å²) in [6.07, 6.45) is -0.803. The third kappa shape index (κ3) is 4.61. The first-order valence-corrected chi connectivity index (χ1v) is 6.98. The smallest absolute Gasteiger partial charge is 0.332 e. The molecule has 6 nitrogen and oxygen atoms in total. The number of hydrogen-bond acceptors (Lipinski definition) is 4. The fraction of sp³-hybridized carbons (Fsp3) is 0.429. The normalized spacial score (nSPS) is 21.0. The summed E-state index contributed by atoms with van der Waals surface area (Å²) in [6.45, 7) is 0.626. The standard InChI is InChI=1S/C14H16ClNO5/c15-9-1-3-10(4-2-9)20-8-7-16-13(17)11-5-6-12(21-11)14(18)19/h1-4,11-12H,5-8H2,(H,16,17)(H,18,19)/t11-,12+/m0/s1. The van der Waals surface area contributed by atoms with Crippen molar-refractivity contribution in [1.29, 1.82) is 0 Å². The van der Waals surface area contributed by atoms with E-state index < -0.39 is 18.2 Å². The van der Waals surface area contributed by atoms with Gasteiger partial charge in [-0.25, -0.2) is 4.79 Å². The molecule has 0 unspecified atom stereocenters. The first-order valence-electron chi connectivity index (χ1n) is 6.60. The summed E-state index contributed by atoms with van der Waals surface area (Å²) in [5.74, 6) is -0.675. The number of carboxylic acid groups (broad SMARTS) is 1. The lowest BCUT2D eigenvalue weighted by Gasteiger charge is -2.12. The van der Waals surface area contributed by atoms with Gasteiger partial charge in [-0.3, -0.25) is 4.79 Å². The molecule has 0 bridgehead atoms. The molecule has 1 aromatic rings. The fourth-order valence-electron chi connectivity index (χ4n) is 2.00. The van der Waals surface area contributed by atoms with Crippen molar-refractivity contribution in [3.05, 3.63) is 29.3 Å². The van der Waals surface area contributed by atoms with Crippen molar-refractivity contribution < 1.29 is 24.2 Å². The Labute approximate surface area is 127 Å². The second kappa shape index (κ2) is 7.28. The van der Waals surface area contributed by atoms with Gasteiger partial charge in [0.05, 0.1) is 6.54 Å². The van der Waals surface area contributed by atoms with E-state index in [2.05, 4.69) is 5.32 Å². The van der Waals surface area contributed by atoms with Crippen LogP contribution in [0.25, 0.3) is 0 Å². The molecule has 1 saturated heterocycles. The summed E-state index contributed by atoms with van der Waals surface area (Å²) >= 11 is 5.75. The van der Waals surface area contributed by atoms with Crippen molar-refractivity contribution >= 4 is 23.5 Å². The molecule has 2 atom stereocenters. The lowest BCUT2D eigenvalue weighted by molar-refractivity contribution is -0.151. The highest BCUT2D eigenvalue weighted by atomic mass is 35.5. The molecular weight excluding hydrogens is 298 g/mol. The molecule has 21 heavy (non-hydrogen) atoms. The van der Waals surface area contributed by atoms with Gasteiger partial charge >= 0.3 is 5.97 Å². The largest absolute Gasteiger partial charge is 0.492 e. The van der Waals surface area contributed by atoms with Crippen molar-refractivity contribution in [1.82, 2.24) is 5.32 Å². The second-order valence-corrected chi connectivity index (χ2v) is 5.06. The zero-order valence-corrected chi connectivity index (χ0v) is 12.0. The number of carbonyl (C=O) groups excluding carboxylic acids is 1. The minimum absolute atomic E-state index is 0.307. The summed E-state index contributed by atoms with van der Waals surface area (Å²) in [7, 11) is 0. The van der Waals surface area contributed by atoms with E-state index in [-0.39, 0.29) is 5.91 Å². The van der Waals surface area contributed by atoms with Gasteiger partial charge in [0, 0.05) is 5.02 Å². The Morgan fingerprint density at radius 2 is 1.95 bits per heavy atom. The zero-order chi connectivity index (χ0) is 15.2. The first-order chi connectivity index (χ1) is 10.1. The fourth-order valence-corrected chi connectivity index (χ4v) is 2.13. The van der Waals surface area contributed by atoms with E-state index >= 15 is 0 Å². The molecule has 0 aliphatic carbocycles. The molecular formula is C14H16ClNO5. The third-order valence-corrected chi connectivity index (χ3v) is 3.32. The summed E-state index contributed by atoms with van der Waals surface area (Å²) < 4.78 is 10.6. The van der Waals surface area contributed by atoms with Gasteiger partial charge in [-0.2, -0.15) is 0 Å². The van der Waals surface area contributed by atoms with Gasteiger partial charge in [0.15, 0.2) is 6.10 Å². The van der Waals surface area contributed by atoms with E-state index in [1.54, 1.807) is 24.3 Å².